The van der Waals surface area contributed by atoms with Gasteiger partial charge in [-0.3, -0.25) is 0 Å². The molecule has 3 atom stereocenters. The molecule has 0 aliphatic heterocycles. The molecule has 1 aliphatic rings. The predicted molar refractivity (Wildman–Crippen MR) is 37.1 cm³/mol. The third-order valence-corrected chi connectivity index (χ3v) is 2.66. The summed E-state index contributed by atoms with van der Waals surface area (Å²) in [5.41, 5.74) is 0. The van der Waals surface area contributed by atoms with Gasteiger partial charge in [0.15, 0.2) is 0 Å². The van der Waals surface area contributed by atoms with Crippen LogP contribution in [0.25, 0.3) is 0 Å². The number of hydrogen-bond acceptors (Lipinski definition) is 0. The molecule has 3 heteroatoms. The van der Waals surface area contributed by atoms with Crippen LogP contribution in [0.5, 0.6) is 0 Å². The third kappa shape index (κ3) is 1.88. The van der Waals surface area contributed by atoms with Gasteiger partial charge < -0.3 is 0 Å². The minimum absolute atomic E-state index is 0.0833. The molecule has 66 valence electrons. The van der Waals surface area contributed by atoms with E-state index >= 15 is 0 Å². The van der Waals surface area contributed by atoms with Gasteiger partial charge in [-0.1, -0.05) is 20.3 Å². The molecule has 0 aromatic rings. The highest BCUT2D eigenvalue weighted by Gasteiger charge is 2.50. The van der Waals surface area contributed by atoms with E-state index < -0.39 is 12.1 Å². The van der Waals surface area contributed by atoms with Crippen molar-refractivity contribution in [1.29, 1.82) is 0 Å². The lowest BCUT2D eigenvalue weighted by molar-refractivity contribution is -0.176. The fraction of sp³-hybridized carbons (Fsp3) is 1.00. The van der Waals surface area contributed by atoms with Crippen molar-refractivity contribution in [2.24, 2.45) is 17.8 Å². The van der Waals surface area contributed by atoms with Crippen molar-refractivity contribution in [3.63, 3.8) is 0 Å². The molecule has 0 N–H and O–H groups in total. The van der Waals surface area contributed by atoms with E-state index in [4.69, 9.17) is 0 Å². The number of alkyl halides is 3. The van der Waals surface area contributed by atoms with Crippen molar-refractivity contribution in [3.8, 4) is 0 Å². The molecule has 1 rings (SSSR count). The van der Waals surface area contributed by atoms with Crippen molar-refractivity contribution < 1.29 is 13.2 Å². The highest BCUT2D eigenvalue weighted by atomic mass is 19.4. The molecule has 0 aromatic heterocycles. The van der Waals surface area contributed by atoms with E-state index in [2.05, 4.69) is 0 Å². The van der Waals surface area contributed by atoms with Crippen LogP contribution in [0.4, 0.5) is 13.2 Å². The molecule has 1 fully saturated rings. The van der Waals surface area contributed by atoms with Gasteiger partial charge in [-0.05, 0) is 18.3 Å². The second-order valence-electron chi connectivity index (χ2n) is 3.40. The highest BCUT2D eigenvalue weighted by Crippen LogP contribution is 2.51. The first kappa shape index (κ1) is 8.88. The van der Waals surface area contributed by atoms with E-state index in [1.54, 1.807) is 0 Å². The summed E-state index contributed by atoms with van der Waals surface area (Å²) in [6, 6.07) is 0. The summed E-state index contributed by atoms with van der Waals surface area (Å²) in [7, 11) is 0. The zero-order valence-electron chi connectivity index (χ0n) is 6.78. The van der Waals surface area contributed by atoms with E-state index in [0.29, 0.717) is 5.92 Å². The summed E-state index contributed by atoms with van der Waals surface area (Å²) in [4.78, 5) is 0. The van der Waals surface area contributed by atoms with Crippen LogP contribution in [0.1, 0.15) is 26.7 Å². The molecule has 2 unspecified atom stereocenters. The predicted octanol–water partition coefficient (Wildman–Crippen LogP) is 3.23. The molecule has 0 radical (unpaired) electrons. The third-order valence-electron chi connectivity index (χ3n) is 2.66. The van der Waals surface area contributed by atoms with Crippen LogP contribution in [-0.2, 0) is 0 Å². The van der Waals surface area contributed by atoms with E-state index in [1.165, 1.54) is 6.92 Å². The Kier molecular flexibility index (Phi) is 2.17. The van der Waals surface area contributed by atoms with Crippen LogP contribution in [0, 0.1) is 17.8 Å². The summed E-state index contributed by atoms with van der Waals surface area (Å²) >= 11 is 0. The minimum Gasteiger partial charge on any atom is -0.171 e. The second-order valence-corrected chi connectivity index (χ2v) is 3.40. The van der Waals surface area contributed by atoms with Crippen molar-refractivity contribution in [3.05, 3.63) is 0 Å². The highest BCUT2D eigenvalue weighted by molar-refractivity contribution is 4.91. The quantitative estimate of drug-likeness (QED) is 0.590. The van der Waals surface area contributed by atoms with Gasteiger partial charge in [-0.15, -0.1) is 0 Å². The molecule has 0 amide bonds. The average molecular weight is 166 g/mol. The molecule has 1 aliphatic carbocycles. The Labute approximate surface area is 64.8 Å². The van der Waals surface area contributed by atoms with E-state index in [0.717, 1.165) is 12.8 Å². The maximum Gasteiger partial charge on any atom is 0.391 e. The van der Waals surface area contributed by atoms with Gasteiger partial charge in [0.25, 0.3) is 0 Å². The van der Waals surface area contributed by atoms with E-state index in [1.807, 2.05) is 6.92 Å². The lowest BCUT2D eigenvalue weighted by atomic mass is 10.0. The Hall–Kier alpha value is -0.210. The van der Waals surface area contributed by atoms with Crippen molar-refractivity contribution in [1.82, 2.24) is 0 Å². The Morgan fingerprint density at radius 2 is 2.00 bits per heavy atom. The van der Waals surface area contributed by atoms with Gasteiger partial charge in [0.2, 0.25) is 0 Å². The largest absolute Gasteiger partial charge is 0.391 e. The van der Waals surface area contributed by atoms with E-state index in [9.17, 15) is 13.2 Å². The zero-order valence-corrected chi connectivity index (χ0v) is 6.78. The van der Waals surface area contributed by atoms with Gasteiger partial charge in [0.1, 0.15) is 0 Å². The average Bonchev–Trinajstić information content (AvgIpc) is 2.62. The Balaban J connectivity index is 2.39. The molecule has 0 spiro atoms. The normalized spacial score (nSPS) is 33.5. The summed E-state index contributed by atoms with van der Waals surface area (Å²) in [5, 5.41) is 0. The Morgan fingerprint density at radius 1 is 1.45 bits per heavy atom. The standard InChI is InChI=1S/C8H13F3/c1-3-6-4-7(6)5(2)8(9,10)11/h5-7H,3-4H2,1-2H3/t5-,6?,7?/m0/s1. The first-order valence-corrected chi connectivity index (χ1v) is 4.03. The van der Waals surface area contributed by atoms with Crippen LogP contribution in [0.3, 0.4) is 0 Å². The monoisotopic (exact) mass is 166 g/mol. The van der Waals surface area contributed by atoms with Crippen LogP contribution in [-0.4, -0.2) is 6.18 Å². The van der Waals surface area contributed by atoms with Gasteiger partial charge in [-0.25, -0.2) is 0 Å². The number of rotatable bonds is 2. The zero-order chi connectivity index (χ0) is 8.65. The molecule has 1 saturated carbocycles. The SMILES string of the molecule is CCC1CC1[C@H](C)C(F)(F)F. The molecular weight excluding hydrogens is 153 g/mol. The molecular formula is C8H13F3. The Morgan fingerprint density at radius 3 is 2.27 bits per heavy atom. The summed E-state index contributed by atoms with van der Waals surface area (Å²) in [5.74, 6) is -0.834. The fourth-order valence-corrected chi connectivity index (χ4v) is 1.60. The smallest absolute Gasteiger partial charge is 0.171 e. The second kappa shape index (κ2) is 2.68. The van der Waals surface area contributed by atoms with Crippen molar-refractivity contribution in [2.75, 3.05) is 0 Å². The molecule has 0 saturated heterocycles. The lowest BCUT2D eigenvalue weighted by Crippen LogP contribution is -2.22. The Bertz CT molecular complexity index is 139. The van der Waals surface area contributed by atoms with Crippen LogP contribution < -0.4 is 0 Å². The number of hydrogen-bond donors (Lipinski definition) is 0. The maximum absolute atomic E-state index is 12.0. The molecule has 0 heterocycles. The van der Waals surface area contributed by atoms with Gasteiger partial charge >= 0.3 is 6.18 Å². The summed E-state index contributed by atoms with van der Waals surface area (Å²) in [6.07, 6.45) is -2.31. The van der Waals surface area contributed by atoms with Crippen molar-refractivity contribution in [2.45, 2.75) is 32.9 Å². The molecule has 0 bridgehead atoms. The number of halogens is 3. The molecule has 0 nitrogen and oxygen atoms in total. The lowest BCUT2D eigenvalue weighted by Gasteiger charge is -2.14. The topological polar surface area (TPSA) is 0 Å². The van der Waals surface area contributed by atoms with Crippen molar-refractivity contribution >= 4 is 0 Å². The van der Waals surface area contributed by atoms with Gasteiger partial charge in [0.05, 0.1) is 5.92 Å². The van der Waals surface area contributed by atoms with Crippen LogP contribution >= 0.6 is 0 Å². The minimum atomic E-state index is -3.98. The first-order chi connectivity index (χ1) is 4.96. The van der Waals surface area contributed by atoms with Gasteiger partial charge in [-0.2, -0.15) is 13.2 Å². The summed E-state index contributed by atoms with van der Waals surface area (Å²) in [6.45, 7) is 3.24. The maximum atomic E-state index is 12.0. The first-order valence-electron chi connectivity index (χ1n) is 4.03. The fourth-order valence-electron chi connectivity index (χ4n) is 1.60. The van der Waals surface area contributed by atoms with E-state index in [-0.39, 0.29) is 5.92 Å². The van der Waals surface area contributed by atoms with Crippen LogP contribution in [0.2, 0.25) is 0 Å². The van der Waals surface area contributed by atoms with Gasteiger partial charge in [0, 0.05) is 0 Å². The summed E-state index contributed by atoms with van der Waals surface area (Å²) < 4.78 is 36.1. The molecule has 0 aromatic carbocycles. The molecule has 11 heavy (non-hydrogen) atoms. The van der Waals surface area contributed by atoms with Crippen LogP contribution in [0.15, 0.2) is 0 Å².